The fourth-order valence-electron chi connectivity index (χ4n) is 7.21. The molecule has 0 spiro atoms. The highest BCUT2D eigenvalue weighted by Gasteiger charge is 2.19. The lowest BCUT2D eigenvalue weighted by Gasteiger charge is -2.18. The molecule has 0 bridgehead atoms. The first-order valence-electron chi connectivity index (χ1n) is 24.0. The first-order chi connectivity index (χ1) is 26.5. The van der Waals surface area contributed by atoms with Crippen LogP contribution in [0.25, 0.3) is 0 Å². The summed E-state index contributed by atoms with van der Waals surface area (Å²) in [5, 5.41) is 0. The zero-order chi connectivity index (χ0) is 39.4. The van der Waals surface area contributed by atoms with Crippen LogP contribution in [-0.4, -0.2) is 37.2 Å². The molecule has 0 aliphatic heterocycles. The molecule has 0 amide bonds. The van der Waals surface area contributed by atoms with Gasteiger partial charge in [0.25, 0.3) is 0 Å². The van der Waals surface area contributed by atoms with Crippen LogP contribution in [0.2, 0.25) is 0 Å². The quantitative estimate of drug-likeness (QED) is 0.0349. The third-order valence-electron chi connectivity index (χ3n) is 10.9. The Hall–Kier alpha value is -1.59. The van der Waals surface area contributed by atoms with E-state index in [1.165, 1.54) is 173 Å². The fourth-order valence-corrected chi connectivity index (χ4v) is 7.21. The lowest BCUT2D eigenvalue weighted by Crippen LogP contribution is -2.30. The van der Waals surface area contributed by atoms with Crippen LogP contribution in [0, 0.1) is 0 Å². The molecular formula is C48H92O6. The zero-order valence-corrected chi connectivity index (χ0v) is 36.5. The van der Waals surface area contributed by atoms with E-state index in [1.807, 2.05) is 0 Å². The van der Waals surface area contributed by atoms with Crippen LogP contribution in [0.4, 0.5) is 0 Å². The van der Waals surface area contributed by atoms with Crippen molar-refractivity contribution in [3.8, 4) is 0 Å². The van der Waals surface area contributed by atoms with Crippen LogP contribution < -0.4 is 0 Å². The molecule has 0 aromatic heterocycles. The normalized spacial score (nSPS) is 11.8. The molecule has 6 nitrogen and oxygen atoms in total. The van der Waals surface area contributed by atoms with Gasteiger partial charge in [-0.05, 0) is 19.3 Å². The van der Waals surface area contributed by atoms with Gasteiger partial charge in [0.15, 0.2) is 6.10 Å². The number of hydrogen-bond donors (Lipinski definition) is 0. The maximum absolute atomic E-state index is 12.6. The SMILES string of the molecule is CCCCCCCCCCCCCCCCCCC(=O)OC[C@H](COC(=O)CCCCCCCCCCCCCCC)OC(=O)CCCCCCCCC. The molecule has 0 aromatic rings. The van der Waals surface area contributed by atoms with Gasteiger partial charge in [0.1, 0.15) is 13.2 Å². The Bertz CT molecular complexity index is 798. The predicted molar refractivity (Wildman–Crippen MR) is 229 cm³/mol. The highest BCUT2D eigenvalue weighted by atomic mass is 16.6. The second kappa shape index (κ2) is 44.1. The van der Waals surface area contributed by atoms with Crippen molar-refractivity contribution in [2.75, 3.05) is 13.2 Å². The van der Waals surface area contributed by atoms with Gasteiger partial charge in [-0.3, -0.25) is 14.4 Å². The summed E-state index contributed by atoms with van der Waals surface area (Å²) in [7, 11) is 0. The molecule has 0 saturated carbocycles. The molecule has 54 heavy (non-hydrogen) atoms. The minimum absolute atomic E-state index is 0.0630. The summed E-state index contributed by atoms with van der Waals surface area (Å²) in [5.74, 6) is -0.854. The number of carbonyl (C=O) groups excluding carboxylic acids is 3. The number of hydrogen-bond acceptors (Lipinski definition) is 6. The molecule has 1 atom stereocenters. The summed E-state index contributed by atoms with van der Waals surface area (Å²) < 4.78 is 16.7. The molecule has 0 heterocycles. The van der Waals surface area contributed by atoms with E-state index in [1.54, 1.807) is 0 Å². The molecule has 0 radical (unpaired) electrons. The van der Waals surface area contributed by atoms with Gasteiger partial charge in [0.2, 0.25) is 0 Å². The first-order valence-corrected chi connectivity index (χ1v) is 24.0. The van der Waals surface area contributed by atoms with E-state index in [4.69, 9.17) is 14.2 Å². The Morgan fingerprint density at radius 2 is 0.500 bits per heavy atom. The highest BCUT2D eigenvalue weighted by molar-refractivity contribution is 5.71. The Morgan fingerprint density at radius 1 is 0.296 bits per heavy atom. The average molecular weight is 765 g/mol. The molecule has 0 saturated heterocycles. The Labute approximate surface area is 336 Å². The van der Waals surface area contributed by atoms with Crippen molar-refractivity contribution in [1.82, 2.24) is 0 Å². The Balaban J connectivity index is 4.19. The second-order valence-corrected chi connectivity index (χ2v) is 16.4. The maximum atomic E-state index is 12.6. The summed E-state index contributed by atoms with van der Waals surface area (Å²) >= 11 is 0. The molecular weight excluding hydrogens is 673 g/mol. The minimum atomic E-state index is -0.757. The van der Waals surface area contributed by atoms with Crippen molar-refractivity contribution in [2.24, 2.45) is 0 Å². The topological polar surface area (TPSA) is 78.9 Å². The van der Waals surface area contributed by atoms with E-state index in [2.05, 4.69) is 20.8 Å². The molecule has 0 aliphatic carbocycles. The summed E-state index contributed by atoms with van der Waals surface area (Å²) in [5.41, 5.74) is 0. The van der Waals surface area contributed by atoms with Crippen LogP contribution in [0.3, 0.4) is 0 Å². The van der Waals surface area contributed by atoms with Gasteiger partial charge >= 0.3 is 17.9 Å². The van der Waals surface area contributed by atoms with Gasteiger partial charge in [-0.15, -0.1) is 0 Å². The monoisotopic (exact) mass is 765 g/mol. The van der Waals surface area contributed by atoms with E-state index in [-0.39, 0.29) is 31.1 Å². The van der Waals surface area contributed by atoms with Crippen LogP contribution in [-0.2, 0) is 28.6 Å². The van der Waals surface area contributed by atoms with Crippen LogP contribution >= 0.6 is 0 Å². The van der Waals surface area contributed by atoms with E-state index in [9.17, 15) is 14.4 Å². The number of ether oxygens (including phenoxy) is 3. The lowest BCUT2D eigenvalue weighted by atomic mass is 10.0. The van der Waals surface area contributed by atoms with Crippen LogP contribution in [0.1, 0.15) is 271 Å². The standard InChI is InChI=1S/C48H92O6/c1-4-7-10-13-16-18-20-22-23-24-26-28-30-33-35-38-41-47(50)53-44-45(54-48(51)42-39-36-31-15-12-9-6-3)43-52-46(49)40-37-34-32-29-27-25-21-19-17-14-11-8-5-2/h45H,4-44H2,1-3H3/t45-/m0/s1. The third kappa shape index (κ3) is 41.6. The summed E-state index contributed by atoms with van der Waals surface area (Å²) in [6.45, 7) is 6.62. The second-order valence-electron chi connectivity index (χ2n) is 16.4. The smallest absolute Gasteiger partial charge is 0.306 e. The van der Waals surface area contributed by atoms with E-state index in [0.717, 1.165) is 57.8 Å². The number of unbranched alkanes of at least 4 members (excludes halogenated alkanes) is 33. The number of esters is 3. The van der Waals surface area contributed by atoms with Crippen LogP contribution in [0.15, 0.2) is 0 Å². The van der Waals surface area contributed by atoms with Crippen molar-refractivity contribution < 1.29 is 28.6 Å². The molecule has 0 N–H and O–H groups in total. The number of rotatable bonds is 44. The molecule has 0 rings (SSSR count). The summed E-state index contributed by atoms with van der Waals surface area (Å²) in [4.78, 5) is 37.6. The highest BCUT2D eigenvalue weighted by Crippen LogP contribution is 2.16. The molecule has 0 unspecified atom stereocenters. The van der Waals surface area contributed by atoms with Crippen molar-refractivity contribution in [1.29, 1.82) is 0 Å². The van der Waals surface area contributed by atoms with Crippen molar-refractivity contribution >= 4 is 17.9 Å². The summed E-state index contributed by atoms with van der Waals surface area (Å²) in [6.07, 6.45) is 45.2. The van der Waals surface area contributed by atoms with Crippen molar-refractivity contribution in [3.05, 3.63) is 0 Å². The van der Waals surface area contributed by atoms with Gasteiger partial charge in [-0.1, -0.05) is 233 Å². The van der Waals surface area contributed by atoms with Gasteiger partial charge in [-0.25, -0.2) is 0 Å². The zero-order valence-electron chi connectivity index (χ0n) is 36.5. The van der Waals surface area contributed by atoms with Crippen molar-refractivity contribution in [2.45, 2.75) is 277 Å². The minimum Gasteiger partial charge on any atom is -0.462 e. The first kappa shape index (κ1) is 52.4. The fraction of sp³-hybridized carbons (Fsp3) is 0.938. The predicted octanol–water partition coefficient (Wildman–Crippen LogP) is 15.3. The Morgan fingerprint density at radius 3 is 0.741 bits per heavy atom. The molecule has 0 aliphatic rings. The lowest BCUT2D eigenvalue weighted by molar-refractivity contribution is -0.167. The molecule has 0 fully saturated rings. The van der Waals surface area contributed by atoms with Gasteiger partial charge < -0.3 is 14.2 Å². The van der Waals surface area contributed by atoms with Gasteiger partial charge in [-0.2, -0.15) is 0 Å². The molecule has 0 aromatic carbocycles. The Kier molecular flexibility index (Phi) is 42.8. The maximum Gasteiger partial charge on any atom is 0.306 e. The van der Waals surface area contributed by atoms with E-state index in [0.29, 0.717) is 19.3 Å². The van der Waals surface area contributed by atoms with Crippen molar-refractivity contribution in [3.63, 3.8) is 0 Å². The van der Waals surface area contributed by atoms with E-state index >= 15 is 0 Å². The van der Waals surface area contributed by atoms with Gasteiger partial charge in [0, 0.05) is 19.3 Å². The average Bonchev–Trinajstić information content (AvgIpc) is 3.17. The third-order valence-corrected chi connectivity index (χ3v) is 10.9. The molecule has 6 heteroatoms. The van der Waals surface area contributed by atoms with E-state index < -0.39 is 6.10 Å². The number of carbonyl (C=O) groups is 3. The largest absolute Gasteiger partial charge is 0.462 e. The van der Waals surface area contributed by atoms with Crippen LogP contribution in [0.5, 0.6) is 0 Å². The molecule has 320 valence electrons. The summed E-state index contributed by atoms with van der Waals surface area (Å²) in [6, 6.07) is 0. The van der Waals surface area contributed by atoms with Gasteiger partial charge in [0.05, 0.1) is 0 Å².